The Bertz CT molecular complexity index is 953. The van der Waals surface area contributed by atoms with Gasteiger partial charge in [0.05, 0.1) is 16.3 Å². The van der Waals surface area contributed by atoms with E-state index >= 15 is 0 Å². The number of amides is 1. The van der Waals surface area contributed by atoms with Crippen molar-refractivity contribution in [3.8, 4) is 5.69 Å². The molecule has 3 rings (SSSR count). The van der Waals surface area contributed by atoms with Crippen molar-refractivity contribution in [1.29, 1.82) is 0 Å². The fourth-order valence-corrected chi connectivity index (χ4v) is 2.25. The van der Waals surface area contributed by atoms with Gasteiger partial charge in [0, 0.05) is 17.8 Å². The molecule has 1 heterocycles. The van der Waals surface area contributed by atoms with Gasteiger partial charge in [-0.2, -0.15) is 0 Å². The van der Waals surface area contributed by atoms with Gasteiger partial charge in [-0.15, -0.1) is 5.10 Å². The Morgan fingerprint density at radius 1 is 1.24 bits per heavy atom. The second-order valence-corrected chi connectivity index (χ2v) is 5.17. The second-order valence-electron chi connectivity index (χ2n) is 5.17. The molecule has 0 saturated carbocycles. The van der Waals surface area contributed by atoms with Crippen molar-refractivity contribution in [3.63, 3.8) is 0 Å². The molecule has 25 heavy (non-hydrogen) atoms. The Hall–Kier alpha value is -3.62. The van der Waals surface area contributed by atoms with Crippen LogP contribution in [0.1, 0.15) is 16.2 Å². The zero-order valence-corrected chi connectivity index (χ0v) is 13.0. The molecule has 9 heteroatoms. The number of carbonyl (C=O) groups excluding carboxylic acids is 1. The van der Waals surface area contributed by atoms with E-state index in [2.05, 4.69) is 15.6 Å². The van der Waals surface area contributed by atoms with E-state index in [1.54, 1.807) is 13.0 Å². The molecule has 1 N–H and O–H groups in total. The summed E-state index contributed by atoms with van der Waals surface area (Å²) in [5.41, 5.74) is 1.22. The molecule has 0 aliphatic carbocycles. The third-order valence-corrected chi connectivity index (χ3v) is 3.50. The summed E-state index contributed by atoms with van der Waals surface area (Å²) in [4.78, 5) is 22.7. The topological polar surface area (TPSA) is 103 Å². The number of halogens is 1. The Morgan fingerprint density at radius 2 is 1.96 bits per heavy atom. The third-order valence-electron chi connectivity index (χ3n) is 3.50. The molecule has 3 aromatic rings. The van der Waals surface area contributed by atoms with Crippen molar-refractivity contribution >= 4 is 17.3 Å². The lowest BCUT2D eigenvalue weighted by Crippen LogP contribution is -2.14. The van der Waals surface area contributed by atoms with E-state index in [1.807, 2.05) is 0 Å². The number of nitro groups is 1. The van der Waals surface area contributed by atoms with Crippen LogP contribution in [-0.4, -0.2) is 25.8 Å². The van der Waals surface area contributed by atoms with Crippen LogP contribution in [0.15, 0.2) is 48.5 Å². The van der Waals surface area contributed by atoms with E-state index in [0.717, 1.165) is 0 Å². The molecular formula is C16H12FN5O3. The van der Waals surface area contributed by atoms with E-state index in [-0.39, 0.29) is 11.4 Å². The van der Waals surface area contributed by atoms with E-state index in [0.29, 0.717) is 17.1 Å². The number of anilines is 1. The molecule has 1 amide bonds. The van der Waals surface area contributed by atoms with Gasteiger partial charge < -0.3 is 5.32 Å². The smallest absolute Gasteiger partial charge is 0.278 e. The van der Waals surface area contributed by atoms with Crippen molar-refractivity contribution in [2.75, 3.05) is 5.32 Å². The van der Waals surface area contributed by atoms with Crippen LogP contribution < -0.4 is 5.32 Å². The summed E-state index contributed by atoms with van der Waals surface area (Å²) in [6.07, 6.45) is 0. The first-order valence-corrected chi connectivity index (χ1v) is 7.20. The molecule has 0 unspecified atom stereocenters. The fourth-order valence-electron chi connectivity index (χ4n) is 2.25. The minimum atomic E-state index is -0.516. The molecule has 0 bridgehead atoms. The molecule has 0 saturated heterocycles. The Balaban J connectivity index is 1.88. The third kappa shape index (κ3) is 3.34. The van der Waals surface area contributed by atoms with Crippen molar-refractivity contribution in [2.24, 2.45) is 0 Å². The molecule has 0 fully saturated rings. The summed E-state index contributed by atoms with van der Waals surface area (Å²) in [6.45, 7) is 1.62. The summed E-state index contributed by atoms with van der Waals surface area (Å²) in [7, 11) is 0. The number of aromatic nitrogens is 3. The molecule has 2 aromatic carbocycles. The van der Waals surface area contributed by atoms with Gasteiger partial charge >= 0.3 is 0 Å². The normalized spacial score (nSPS) is 10.5. The highest BCUT2D eigenvalue weighted by atomic mass is 19.1. The first-order chi connectivity index (χ1) is 12.0. The van der Waals surface area contributed by atoms with Crippen molar-refractivity contribution in [1.82, 2.24) is 15.0 Å². The second kappa shape index (κ2) is 6.48. The van der Waals surface area contributed by atoms with Crippen LogP contribution in [0.3, 0.4) is 0 Å². The van der Waals surface area contributed by atoms with Crippen LogP contribution in [0.4, 0.5) is 15.8 Å². The SMILES string of the molecule is Cc1c(C(=O)Nc2ccc(F)cc2)nnn1-c1cccc([N+](=O)[O-])c1. The lowest BCUT2D eigenvalue weighted by atomic mass is 10.2. The maximum atomic E-state index is 12.9. The highest BCUT2D eigenvalue weighted by Crippen LogP contribution is 2.19. The average molecular weight is 341 g/mol. The minimum absolute atomic E-state index is 0.0656. The van der Waals surface area contributed by atoms with Gasteiger partial charge in [0.15, 0.2) is 5.69 Å². The van der Waals surface area contributed by atoms with Gasteiger partial charge in [0.1, 0.15) is 5.82 Å². The predicted molar refractivity (Wildman–Crippen MR) is 87.1 cm³/mol. The van der Waals surface area contributed by atoms with Crippen LogP contribution in [0, 0.1) is 22.9 Å². The van der Waals surface area contributed by atoms with Gasteiger partial charge in [-0.05, 0) is 37.3 Å². The maximum Gasteiger partial charge on any atom is 0.278 e. The van der Waals surface area contributed by atoms with Crippen molar-refractivity contribution < 1.29 is 14.1 Å². The zero-order valence-electron chi connectivity index (χ0n) is 13.0. The van der Waals surface area contributed by atoms with Crippen LogP contribution in [-0.2, 0) is 0 Å². The van der Waals surface area contributed by atoms with Gasteiger partial charge in [-0.3, -0.25) is 14.9 Å². The fraction of sp³-hybridized carbons (Fsp3) is 0.0625. The van der Waals surface area contributed by atoms with Gasteiger partial charge in [0.25, 0.3) is 11.6 Å². The van der Waals surface area contributed by atoms with Crippen molar-refractivity contribution in [2.45, 2.75) is 6.92 Å². The zero-order chi connectivity index (χ0) is 18.0. The maximum absolute atomic E-state index is 12.9. The Kier molecular flexibility index (Phi) is 4.21. The number of hydrogen-bond donors (Lipinski definition) is 1. The molecule has 0 spiro atoms. The number of nitrogens with one attached hydrogen (secondary N) is 1. The van der Waals surface area contributed by atoms with Crippen LogP contribution >= 0.6 is 0 Å². The Morgan fingerprint density at radius 3 is 2.64 bits per heavy atom. The average Bonchev–Trinajstić information content (AvgIpc) is 2.98. The van der Waals surface area contributed by atoms with Crippen LogP contribution in [0.2, 0.25) is 0 Å². The first-order valence-electron chi connectivity index (χ1n) is 7.20. The number of hydrogen-bond acceptors (Lipinski definition) is 5. The molecule has 0 aliphatic rings. The van der Waals surface area contributed by atoms with Gasteiger partial charge in [0.2, 0.25) is 0 Å². The Labute approximate surface area is 141 Å². The highest BCUT2D eigenvalue weighted by molar-refractivity contribution is 6.03. The summed E-state index contributed by atoms with van der Waals surface area (Å²) >= 11 is 0. The number of nitro benzene ring substituents is 1. The molecule has 0 aliphatic heterocycles. The molecule has 0 atom stereocenters. The minimum Gasteiger partial charge on any atom is -0.321 e. The monoisotopic (exact) mass is 341 g/mol. The van der Waals surface area contributed by atoms with E-state index < -0.39 is 16.6 Å². The van der Waals surface area contributed by atoms with Gasteiger partial charge in [-0.25, -0.2) is 9.07 Å². The molecule has 0 radical (unpaired) electrons. The lowest BCUT2D eigenvalue weighted by molar-refractivity contribution is -0.384. The molecular weight excluding hydrogens is 329 g/mol. The number of rotatable bonds is 4. The highest BCUT2D eigenvalue weighted by Gasteiger charge is 2.18. The van der Waals surface area contributed by atoms with E-state index in [4.69, 9.17) is 0 Å². The van der Waals surface area contributed by atoms with Crippen LogP contribution in [0.5, 0.6) is 0 Å². The predicted octanol–water partition coefficient (Wildman–Crippen LogP) is 2.88. The number of benzene rings is 2. The largest absolute Gasteiger partial charge is 0.321 e. The van der Waals surface area contributed by atoms with Crippen LogP contribution in [0.25, 0.3) is 5.69 Å². The van der Waals surface area contributed by atoms with Gasteiger partial charge in [-0.1, -0.05) is 11.3 Å². The number of nitrogens with zero attached hydrogens (tertiary/aromatic N) is 4. The molecule has 1 aromatic heterocycles. The molecule has 126 valence electrons. The summed E-state index contributed by atoms with van der Waals surface area (Å²) in [5, 5.41) is 21.2. The quantitative estimate of drug-likeness (QED) is 0.580. The summed E-state index contributed by atoms with van der Waals surface area (Å²) < 4.78 is 14.2. The number of non-ortho nitro benzene ring substituents is 1. The molecule has 8 nitrogen and oxygen atoms in total. The lowest BCUT2D eigenvalue weighted by Gasteiger charge is -2.05. The standard InChI is InChI=1S/C16H12FN5O3/c1-10-15(16(23)18-12-7-5-11(17)6-8-12)19-20-21(10)13-3-2-4-14(9-13)22(24)25/h2-9H,1H3,(H,18,23). The van der Waals surface area contributed by atoms with E-state index in [9.17, 15) is 19.3 Å². The summed E-state index contributed by atoms with van der Waals surface area (Å²) in [6, 6.07) is 11.1. The van der Waals surface area contributed by atoms with E-state index in [1.165, 1.54) is 47.1 Å². The number of carbonyl (C=O) groups is 1. The first kappa shape index (κ1) is 16.2. The van der Waals surface area contributed by atoms with Crippen molar-refractivity contribution in [3.05, 3.63) is 75.9 Å². The summed E-state index contributed by atoms with van der Waals surface area (Å²) in [5.74, 6) is -0.924.